The molecule has 0 bridgehead atoms. The molecule has 0 saturated carbocycles. The van der Waals surface area contributed by atoms with Crippen molar-refractivity contribution in [3.63, 3.8) is 0 Å². The largest absolute Gasteiger partial charge is 0.481 e. The minimum Gasteiger partial charge on any atom is -0.481 e. The molecule has 23 heavy (non-hydrogen) atoms. The van der Waals surface area contributed by atoms with Gasteiger partial charge in [-0.25, -0.2) is 4.98 Å². The van der Waals surface area contributed by atoms with Crippen molar-refractivity contribution in [3.05, 3.63) is 53.7 Å². The molecule has 6 heteroatoms. The van der Waals surface area contributed by atoms with Crippen LogP contribution in [0.4, 0.5) is 5.69 Å². The summed E-state index contributed by atoms with van der Waals surface area (Å²) in [5, 5.41) is 6.90. The monoisotopic (exact) mass is 347 g/mol. The van der Waals surface area contributed by atoms with Crippen LogP contribution >= 0.6 is 24.0 Å². The van der Waals surface area contributed by atoms with E-state index in [4.69, 9.17) is 17.0 Å². The van der Waals surface area contributed by atoms with Crippen molar-refractivity contribution in [2.45, 2.75) is 12.7 Å². The molecule has 0 unspecified atom stereocenters. The fraction of sp³-hybridized carbons (Fsp3) is 0.294. The number of thiocarbonyl (C=S) groups is 1. The zero-order valence-corrected chi connectivity index (χ0v) is 15.0. The van der Waals surface area contributed by atoms with Gasteiger partial charge in [-0.2, -0.15) is 11.8 Å². The van der Waals surface area contributed by atoms with E-state index in [1.807, 2.05) is 17.8 Å². The highest BCUT2D eigenvalue weighted by Gasteiger charge is 1.99. The van der Waals surface area contributed by atoms with Gasteiger partial charge < -0.3 is 15.4 Å². The Balaban J connectivity index is 1.61. The Kier molecular flexibility index (Phi) is 7.16. The molecule has 4 nitrogen and oxygen atoms in total. The molecule has 0 fully saturated rings. The van der Waals surface area contributed by atoms with Gasteiger partial charge in [-0.3, -0.25) is 0 Å². The minimum absolute atomic E-state index is 0.585. The van der Waals surface area contributed by atoms with E-state index in [1.54, 1.807) is 19.4 Å². The van der Waals surface area contributed by atoms with Gasteiger partial charge in [0.1, 0.15) is 0 Å². The fourth-order valence-corrected chi connectivity index (χ4v) is 2.90. The predicted molar refractivity (Wildman–Crippen MR) is 102 cm³/mol. The van der Waals surface area contributed by atoms with Crippen molar-refractivity contribution < 1.29 is 4.74 Å². The molecule has 0 amide bonds. The highest BCUT2D eigenvalue weighted by atomic mass is 32.2. The van der Waals surface area contributed by atoms with Crippen molar-refractivity contribution in [1.82, 2.24) is 10.3 Å². The number of rotatable bonds is 7. The number of benzene rings is 1. The lowest BCUT2D eigenvalue weighted by Gasteiger charge is -2.10. The highest BCUT2D eigenvalue weighted by Crippen LogP contribution is 2.13. The Morgan fingerprint density at radius 1 is 1.22 bits per heavy atom. The van der Waals surface area contributed by atoms with Crippen molar-refractivity contribution in [1.29, 1.82) is 0 Å². The highest BCUT2D eigenvalue weighted by molar-refractivity contribution is 7.98. The summed E-state index contributed by atoms with van der Waals surface area (Å²) in [6, 6.07) is 12.3. The van der Waals surface area contributed by atoms with Gasteiger partial charge in [-0.05, 0) is 30.8 Å². The average molecular weight is 348 g/mol. The van der Waals surface area contributed by atoms with Crippen LogP contribution in [0, 0.1) is 6.92 Å². The van der Waals surface area contributed by atoms with Gasteiger partial charge in [0, 0.05) is 24.1 Å². The maximum Gasteiger partial charge on any atom is 0.213 e. The summed E-state index contributed by atoms with van der Waals surface area (Å²) in [6.07, 6.45) is 1.69. The van der Waals surface area contributed by atoms with Crippen LogP contribution in [0.5, 0.6) is 5.88 Å². The average Bonchev–Trinajstić information content (AvgIpc) is 2.57. The third-order valence-electron chi connectivity index (χ3n) is 3.12. The summed E-state index contributed by atoms with van der Waals surface area (Å²) in [4.78, 5) is 4.12. The maximum absolute atomic E-state index is 5.26. The van der Waals surface area contributed by atoms with Crippen molar-refractivity contribution >= 4 is 34.8 Å². The lowest BCUT2D eigenvalue weighted by atomic mass is 10.2. The van der Waals surface area contributed by atoms with E-state index >= 15 is 0 Å². The standard InChI is InChI=1S/C17H21N3OS2/c1-13-3-5-14(6-4-13)12-23-10-9-18-17(22)20-15-7-8-16(21-2)19-11-15/h3-8,11H,9-10,12H2,1-2H3,(H2,18,20,22). The second kappa shape index (κ2) is 9.37. The molecule has 0 spiro atoms. The SMILES string of the molecule is COc1ccc(NC(=S)NCCSCc2ccc(C)cc2)cn1. The Labute approximate surface area is 147 Å². The number of aromatic nitrogens is 1. The lowest BCUT2D eigenvalue weighted by molar-refractivity contribution is 0.398. The van der Waals surface area contributed by atoms with Crippen LogP contribution in [0.2, 0.25) is 0 Å². The summed E-state index contributed by atoms with van der Waals surface area (Å²) in [5.41, 5.74) is 3.49. The van der Waals surface area contributed by atoms with Crippen LogP contribution in [-0.4, -0.2) is 29.5 Å². The molecule has 0 atom stereocenters. The summed E-state index contributed by atoms with van der Waals surface area (Å²) < 4.78 is 5.02. The molecule has 0 saturated heterocycles. The smallest absolute Gasteiger partial charge is 0.213 e. The molecule has 2 N–H and O–H groups in total. The van der Waals surface area contributed by atoms with Crippen LogP contribution in [0.3, 0.4) is 0 Å². The minimum atomic E-state index is 0.585. The molecule has 122 valence electrons. The van der Waals surface area contributed by atoms with E-state index in [1.165, 1.54) is 11.1 Å². The van der Waals surface area contributed by atoms with Gasteiger partial charge in [-0.1, -0.05) is 29.8 Å². The van der Waals surface area contributed by atoms with Gasteiger partial charge in [0.15, 0.2) is 5.11 Å². The van der Waals surface area contributed by atoms with Crippen LogP contribution in [0.25, 0.3) is 0 Å². The van der Waals surface area contributed by atoms with E-state index < -0.39 is 0 Å². The quantitative estimate of drug-likeness (QED) is 0.589. The number of ether oxygens (including phenoxy) is 1. The molecule has 0 aliphatic heterocycles. The Bertz CT molecular complexity index is 615. The third-order valence-corrected chi connectivity index (χ3v) is 4.40. The molecule has 0 aliphatic rings. The number of methoxy groups -OCH3 is 1. The number of thioether (sulfide) groups is 1. The van der Waals surface area contributed by atoms with Crippen molar-refractivity contribution in [3.8, 4) is 5.88 Å². The zero-order chi connectivity index (χ0) is 16.5. The Morgan fingerprint density at radius 3 is 2.65 bits per heavy atom. The topological polar surface area (TPSA) is 46.2 Å². The van der Waals surface area contributed by atoms with Crippen molar-refractivity contribution in [2.24, 2.45) is 0 Å². The summed E-state index contributed by atoms with van der Waals surface area (Å²) >= 11 is 7.15. The summed E-state index contributed by atoms with van der Waals surface area (Å²) in [6.45, 7) is 2.93. The first kappa shape index (κ1) is 17.6. The zero-order valence-electron chi connectivity index (χ0n) is 13.3. The van der Waals surface area contributed by atoms with Crippen LogP contribution < -0.4 is 15.4 Å². The van der Waals surface area contributed by atoms with E-state index in [-0.39, 0.29) is 0 Å². The molecule has 1 aromatic carbocycles. The number of hydrogen-bond acceptors (Lipinski definition) is 4. The van der Waals surface area contributed by atoms with E-state index in [0.717, 1.165) is 23.7 Å². The van der Waals surface area contributed by atoms with Crippen LogP contribution in [0.1, 0.15) is 11.1 Å². The second-order valence-electron chi connectivity index (χ2n) is 5.01. The van der Waals surface area contributed by atoms with Gasteiger partial charge in [0.2, 0.25) is 5.88 Å². The van der Waals surface area contributed by atoms with Crippen molar-refractivity contribution in [2.75, 3.05) is 24.7 Å². The molecular weight excluding hydrogens is 326 g/mol. The van der Waals surface area contributed by atoms with Gasteiger partial charge in [-0.15, -0.1) is 0 Å². The number of hydrogen-bond donors (Lipinski definition) is 2. The molecule has 0 radical (unpaired) electrons. The van der Waals surface area contributed by atoms with E-state index in [0.29, 0.717) is 11.0 Å². The molecule has 2 aromatic rings. The molecular formula is C17H21N3OS2. The maximum atomic E-state index is 5.26. The Hall–Kier alpha value is -1.79. The second-order valence-corrected chi connectivity index (χ2v) is 6.52. The van der Waals surface area contributed by atoms with Gasteiger partial charge in [0.05, 0.1) is 19.0 Å². The first-order valence-corrected chi connectivity index (χ1v) is 8.92. The molecule has 1 aromatic heterocycles. The number of pyridine rings is 1. The number of anilines is 1. The lowest BCUT2D eigenvalue weighted by Crippen LogP contribution is -2.30. The summed E-state index contributed by atoms with van der Waals surface area (Å²) in [7, 11) is 1.59. The predicted octanol–water partition coefficient (Wildman–Crippen LogP) is 3.62. The molecule has 2 rings (SSSR count). The molecule has 0 aliphatic carbocycles. The van der Waals surface area contributed by atoms with E-state index in [2.05, 4.69) is 46.8 Å². The Morgan fingerprint density at radius 2 is 2.00 bits per heavy atom. The molecule has 1 heterocycles. The first-order valence-electron chi connectivity index (χ1n) is 7.35. The van der Waals surface area contributed by atoms with Gasteiger partial charge >= 0.3 is 0 Å². The third kappa shape index (κ3) is 6.46. The fourth-order valence-electron chi connectivity index (χ4n) is 1.86. The number of nitrogens with zero attached hydrogens (tertiary/aromatic N) is 1. The normalized spacial score (nSPS) is 10.2. The van der Waals surface area contributed by atoms with Gasteiger partial charge in [0.25, 0.3) is 0 Å². The van der Waals surface area contributed by atoms with Crippen LogP contribution in [-0.2, 0) is 5.75 Å². The number of nitrogens with one attached hydrogen (secondary N) is 2. The van der Waals surface area contributed by atoms with E-state index in [9.17, 15) is 0 Å². The first-order chi connectivity index (χ1) is 11.2. The van der Waals surface area contributed by atoms with Crippen LogP contribution in [0.15, 0.2) is 42.6 Å². The number of aryl methyl sites for hydroxylation is 1. The summed E-state index contributed by atoms with van der Waals surface area (Å²) in [5.74, 6) is 2.60.